The summed E-state index contributed by atoms with van der Waals surface area (Å²) in [5.74, 6) is 0.257. The Morgan fingerprint density at radius 2 is 1.90 bits per heavy atom. The Hall–Kier alpha value is -1.68. The lowest BCUT2D eigenvalue weighted by Gasteiger charge is -2.36. The SMILES string of the molecule is CC1(C)CC(=O)C(C(c2ccncc2)N2CCCC2)=CN1. The molecule has 4 heteroatoms. The second-order valence-corrected chi connectivity index (χ2v) is 6.65. The lowest BCUT2D eigenvalue weighted by molar-refractivity contribution is -0.117. The van der Waals surface area contributed by atoms with E-state index in [0.717, 1.165) is 24.2 Å². The molecule has 0 aliphatic carbocycles. The minimum atomic E-state index is -0.144. The number of rotatable bonds is 3. The summed E-state index contributed by atoms with van der Waals surface area (Å²) in [7, 11) is 0. The van der Waals surface area contributed by atoms with Crippen molar-refractivity contribution in [2.75, 3.05) is 13.1 Å². The standard InChI is InChI=1S/C17H23N3O/c1-17(2)11-15(21)14(12-19-17)16(20-9-3-4-10-20)13-5-7-18-8-6-13/h5-8,12,16,19H,3-4,9-11H2,1-2H3. The molecule has 1 unspecified atom stereocenters. The van der Waals surface area contributed by atoms with Crippen molar-refractivity contribution < 1.29 is 4.79 Å². The van der Waals surface area contributed by atoms with Gasteiger partial charge in [0.25, 0.3) is 0 Å². The Bertz CT molecular complexity index is 544. The van der Waals surface area contributed by atoms with E-state index in [4.69, 9.17) is 0 Å². The fraction of sp³-hybridized carbons (Fsp3) is 0.529. The van der Waals surface area contributed by atoms with E-state index in [2.05, 4.69) is 29.0 Å². The van der Waals surface area contributed by atoms with Crippen molar-refractivity contribution in [1.82, 2.24) is 15.2 Å². The molecule has 1 fully saturated rings. The molecule has 2 aliphatic rings. The number of hydrogen-bond acceptors (Lipinski definition) is 4. The van der Waals surface area contributed by atoms with Crippen LogP contribution in [0, 0.1) is 0 Å². The maximum Gasteiger partial charge on any atom is 0.164 e. The summed E-state index contributed by atoms with van der Waals surface area (Å²) < 4.78 is 0. The zero-order valence-electron chi connectivity index (χ0n) is 12.8. The van der Waals surface area contributed by atoms with Crippen LogP contribution in [0.15, 0.2) is 36.3 Å². The van der Waals surface area contributed by atoms with Crippen molar-refractivity contribution in [3.8, 4) is 0 Å². The van der Waals surface area contributed by atoms with Gasteiger partial charge < -0.3 is 5.32 Å². The summed E-state index contributed by atoms with van der Waals surface area (Å²) in [5.41, 5.74) is 1.91. The highest BCUT2D eigenvalue weighted by atomic mass is 16.1. The van der Waals surface area contributed by atoms with E-state index in [9.17, 15) is 4.79 Å². The smallest absolute Gasteiger partial charge is 0.164 e. The molecule has 112 valence electrons. The number of carbonyl (C=O) groups is 1. The van der Waals surface area contributed by atoms with E-state index in [1.165, 1.54) is 12.8 Å². The van der Waals surface area contributed by atoms with Gasteiger partial charge in [0.05, 0.1) is 6.04 Å². The molecule has 0 saturated carbocycles. The molecule has 1 aromatic heterocycles. The van der Waals surface area contributed by atoms with Crippen LogP contribution in [0.3, 0.4) is 0 Å². The quantitative estimate of drug-likeness (QED) is 0.926. The van der Waals surface area contributed by atoms with Crippen LogP contribution in [-0.2, 0) is 4.79 Å². The molecule has 2 aliphatic heterocycles. The number of nitrogens with zero attached hydrogens (tertiary/aromatic N) is 2. The monoisotopic (exact) mass is 285 g/mol. The third-order valence-electron chi connectivity index (χ3n) is 4.37. The number of carbonyl (C=O) groups excluding carboxylic acids is 1. The molecule has 0 radical (unpaired) electrons. The molecule has 21 heavy (non-hydrogen) atoms. The highest BCUT2D eigenvalue weighted by Crippen LogP contribution is 2.34. The normalized spacial score (nSPS) is 23.5. The Morgan fingerprint density at radius 3 is 2.52 bits per heavy atom. The van der Waals surface area contributed by atoms with E-state index < -0.39 is 0 Å². The van der Waals surface area contributed by atoms with Crippen molar-refractivity contribution in [2.24, 2.45) is 0 Å². The van der Waals surface area contributed by atoms with Gasteiger partial charge in [0, 0.05) is 36.1 Å². The van der Waals surface area contributed by atoms with Crippen LogP contribution in [0.5, 0.6) is 0 Å². The number of nitrogens with one attached hydrogen (secondary N) is 1. The van der Waals surface area contributed by atoms with Crippen molar-refractivity contribution >= 4 is 5.78 Å². The third kappa shape index (κ3) is 3.00. The Morgan fingerprint density at radius 1 is 1.24 bits per heavy atom. The Balaban J connectivity index is 1.96. The summed E-state index contributed by atoms with van der Waals surface area (Å²) in [5, 5.41) is 3.39. The van der Waals surface area contributed by atoms with Gasteiger partial charge in [-0.05, 0) is 57.5 Å². The predicted molar refractivity (Wildman–Crippen MR) is 82.7 cm³/mol. The first-order valence-corrected chi connectivity index (χ1v) is 7.72. The first-order chi connectivity index (χ1) is 10.1. The van der Waals surface area contributed by atoms with Gasteiger partial charge in [-0.15, -0.1) is 0 Å². The predicted octanol–water partition coefficient (Wildman–Crippen LogP) is 2.44. The third-order valence-corrected chi connectivity index (χ3v) is 4.37. The topological polar surface area (TPSA) is 45.2 Å². The molecule has 0 aromatic carbocycles. The van der Waals surface area contributed by atoms with Crippen molar-refractivity contribution in [3.63, 3.8) is 0 Å². The average molecular weight is 285 g/mol. The molecule has 0 amide bonds. The number of pyridine rings is 1. The van der Waals surface area contributed by atoms with E-state index in [0.29, 0.717) is 6.42 Å². The maximum absolute atomic E-state index is 12.6. The first-order valence-electron chi connectivity index (χ1n) is 7.72. The summed E-state index contributed by atoms with van der Waals surface area (Å²) >= 11 is 0. The van der Waals surface area contributed by atoms with Crippen LogP contribution in [-0.4, -0.2) is 34.3 Å². The van der Waals surface area contributed by atoms with E-state index in [-0.39, 0.29) is 17.4 Å². The maximum atomic E-state index is 12.6. The van der Waals surface area contributed by atoms with Crippen LogP contribution in [0.25, 0.3) is 0 Å². The lowest BCUT2D eigenvalue weighted by Crippen LogP contribution is -2.44. The zero-order valence-corrected chi connectivity index (χ0v) is 12.8. The van der Waals surface area contributed by atoms with Crippen molar-refractivity contribution in [2.45, 2.75) is 44.7 Å². The number of ketones is 1. The van der Waals surface area contributed by atoms with Gasteiger partial charge in [0.15, 0.2) is 5.78 Å². The number of aromatic nitrogens is 1. The molecule has 1 saturated heterocycles. The van der Waals surface area contributed by atoms with E-state index >= 15 is 0 Å². The summed E-state index contributed by atoms with van der Waals surface area (Å²) in [6, 6.07) is 4.11. The van der Waals surface area contributed by atoms with Gasteiger partial charge in [-0.1, -0.05) is 0 Å². The molecular weight excluding hydrogens is 262 g/mol. The van der Waals surface area contributed by atoms with Gasteiger partial charge in [0.1, 0.15) is 0 Å². The second-order valence-electron chi connectivity index (χ2n) is 6.65. The van der Waals surface area contributed by atoms with Crippen molar-refractivity contribution in [1.29, 1.82) is 0 Å². The van der Waals surface area contributed by atoms with Crippen LogP contribution >= 0.6 is 0 Å². The molecule has 1 aromatic rings. The van der Waals surface area contributed by atoms with Gasteiger partial charge in [-0.2, -0.15) is 0 Å². The molecule has 3 rings (SSSR count). The molecule has 4 nitrogen and oxygen atoms in total. The summed E-state index contributed by atoms with van der Waals surface area (Å²) in [6.45, 7) is 6.24. The highest BCUT2D eigenvalue weighted by molar-refractivity contribution is 5.98. The molecule has 0 bridgehead atoms. The first kappa shape index (κ1) is 14.3. The van der Waals surface area contributed by atoms with E-state index in [1.54, 1.807) is 0 Å². The van der Waals surface area contributed by atoms with Crippen LogP contribution in [0.2, 0.25) is 0 Å². The number of Topliss-reactive ketones (excluding diaryl/α,β-unsaturated/α-hetero) is 1. The van der Waals surface area contributed by atoms with Gasteiger partial charge in [-0.25, -0.2) is 0 Å². The van der Waals surface area contributed by atoms with Crippen LogP contribution < -0.4 is 5.32 Å². The van der Waals surface area contributed by atoms with E-state index in [1.807, 2.05) is 30.7 Å². The van der Waals surface area contributed by atoms with Gasteiger partial charge in [0.2, 0.25) is 0 Å². The number of likely N-dealkylation sites (tertiary alicyclic amines) is 1. The number of hydrogen-bond donors (Lipinski definition) is 1. The van der Waals surface area contributed by atoms with Crippen LogP contribution in [0.4, 0.5) is 0 Å². The largest absolute Gasteiger partial charge is 0.385 e. The fourth-order valence-electron chi connectivity index (χ4n) is 3.27. The minimum Gasteiger partial charge on any atom is -0.385 e. The average Bonchev–Trinajstić information content (AvgIpc) is 2.96. The fourth-order valence-corrected chi connectivity index (χ4v) is 3.27. The minimum absolute atomic E-state index is 0.0617. The summed E-state index contributed by atoms with van der Waals surface area (Å²) in [4.78, 5) is 19.1. The lowest BCUT2D eigenvalue weighted by atomic mass is 9.85. The Kier molecular flexibility index (Phi) is 3.81. The second kappa shape index (κ2) is 5.60. The molecular formula is C17H23N3O. The molecule has 1 atom stereocenters. The van der Waals surface area contributed by atoms with Gasteiger partial charge in [-0.3, -0.25) is 14.7 Å². The van der Waals surface area contributed by atoms with Gasteiger partial charge >= 0.3 is 0 Å². The molecule has 1 N–H and O–H groups in total. The Labute approximate surface area is 126 Å². The summed E-state index contributed by atoms with van der Waals surface area (Å²) in [6.07, 6.45) is 8.53. The molecule has 3 heterocycles. The molecule has 0 spiro atoms. The zero-order chi connectivity index (χ0) is 14.9. The highest BCUT2D eigenvalue weighted by Gasteiger charge is 2.35. The van der Waals surface area contributed by atoms with Crippen LogP contribution in [0.1, 0.15) is 44.7 Å². The van der Waals surface area contributed by atoms with Crippen molar-refractivity contribution in [3.05, 3.63) is 41.9 Å².